The third-order valence-corrected chi connectivity index (χ3v) is 14.0. The number of aliphatic hydroxyl groups excluding tert-OH is 2. The fraction of sp³-hybridized carbons (Fsp3) is 0.464. The van der Waals surface area contributed by atoms with Gasteiger partial charge in [0.05, 0.1) is 24.8 Å². The molecule has 370 valence electrons. The Balaban J connectivity index is 1.11. The number of aliphatic hydroxyl groups is 3. The highest BCUT2D eigenvalue weighted by atomic mass is 16.7. The van der Waals surface area contributed by atoms with Crippen LogP contribution in [0.25, 0.3) is 0 Å². The number of rotatable bonds is 22. The first-order valence-electron chi connectivity index (χ1n) is 24.8. The summed E-state index contributed by atoms with van der Waals surface area (Å²) < 4.78 is 27.5. The Hall–Kier alpha value is -4.42. The van der Waals surface area contributed by atoms with E-state index in [2.05, 4.69) is 69.4 Å². The van der Waals surface area contributed by atoms with Gasteiger partial charge in [-0.25, -0.2) is 0 Å². The van der Waals surface area contributed by atoms with Crippen molar-refractivity contribution in [1.29, 1.82) is 0 Å². The van der Waals surface area contributed by atoms with Crippen LogP contribution in [0.5, 0.6) is 0 Å². The third kappa shape index (κ3) is 13.9. The van der Waals surface area contributed by atoms with E-state index in [0.717, 1.165) is 35.1 Å². The topological polar surface area (TPSA) is 166 Å². The average Bonchev–Trinajstić information content (AvgIpc) is 3.36. The van der Waals surface area contributed by atoms with Gasteiger partial charge in [-0.3, -0.25) is 9.80 Å². The van der Waals surface area contributed by atoms with Crippen LogP contribution in [0.3, 0.4) is 0 Å². The van der Waals surface area contributed by atoms with E-state index in [0.29, 0.717) is 58.8 Å². The second-order valence-electron chi connectivity index (χ2n) is 19.4. The predicted octanol–water partition coefficient (Wildman–Crippen LogP) is 4.93. The summed E-state index contributed by atoms with van der Waals surface area (Å²) in [6.45, 7) is 6.06. The molecule has 3 aliphatic rings. The van der Waals surface area contributed by atoms with Gasteiger partial charge in [0, 0.05) is 64.4 Å². The minimum absolute atomic E-state index is 0.0856. The van der Waals surface area contributed by atoms with E-state index >= 15 is 0 Å². The fourth-order valence-corrected chi connectivity index (χ4v) is 10.5. The summed E-state index contributed by atoms with van der Waals surface area (Å²) in [5.41, 5.74) is 10.6. The average molecular weight is 943 g/mol. The van der Waals surface area contributed by atoms with Crippen molar-refractivity contribution in [1.82, 2.24) is 25.8 Å². The van der Waals surface area contributed by atoms with Crippen LogP contribution in [-0.2, 0) is 51.7 Å². The molecular formula is C56H74N6O7. The van der Waals surface area contributed by atoms with E-state index in [-0.39, 0.29) is 24.8 Å². The van der Waals surface area contributed by atoms with Gasteiger partial charge >= 0.3 is 0 Å². The molecule has 13 heteroatoms. The highest BCUT2D eigenvalue weighted by molar-refractivity contribution is 5.19. The van der Waals surface area contributed by atoms with Gasteiger partial charge in [0.2, 0.25) is 0 Å². The van der Waals surface area contributed by atoms with E-state index in [1.54, 1.807) is 6.92 Å². The van der Waals surface area contributed by atoms with Crippen LogP contribution in [0.4, 0.5) is 0 Å². The van der Waals surface area contributed by atoms with Gasteiger partial charge in [0.1, 0.15) is 30.0 Å². The lowest BCUT2D eigenvalue weighted by molar-refractivity contribution is -0.319. The molecule has 2 heterocycles. The summed E-state index contributed by atoms with van der Waals surface area (Å²) in [4.78, 5) is 4.27. The van der Waals surface area contributed by atoms with Gasteiger partial charge in [-0.15, -0.1) is 0 Å². The van der Waals surface area contributed by atoms with Crippen molar-refractivity contribution in [3.63, 3.8) is 0 Å². The molecule has 69 heavy (non-hydrogen) atoms. The van der Waals surface area contributed by atoms with Gasteiger partial charge < -0.3 is 56.0 Å². The number of hydrogen-bond acceptors (Lipinski definition) is 13. The molecule has 8 rings (SSSR count). The minimum atomic E-state index is -1.40. The van der Waals surface area contributed by atoms with Crippen LogP contribution >= 0.6 is 0 Å². The summed E-state index contributed by atoms with van der Waals surface area (Å²) >= 11 is 0. The van der Waals surface area contributed by atoms with Gasteiger partial charge in [-0.2, -0.15) is 0 Å². The Labute approximate surface area is 408 Å². The molecule has 0 aromatic heterocycles. The van der Waals surface area contributed by atoms with Crippen molar-refractivity contribution in [2.45, 2.75) is 132 Å². The van der Waals surface area contributed by atoms with Crippen LogP contribution in [-0.4, -0.2) is 131 Å². The zero-order valence-electron chi connectivity index (χ0n) is 40.2. The maximum atomic E-state index is 13.2. The smallest absolute Gasteiger partial charge is 0.185 e. The van der Waals surface area contributed by atoms with Crippen molar-refractivity contribution in [3.8, 4) is 0 Å². The summed E-state index contributed by atoms with van der Waals surface area (Å²) in [6, 6.07) is 49.3. The Bertz CT molecular complexity index is 2220. The minimum Gasteiger partial charge on any atom is -0.388 e. The molecule has 5 aromatic rings. The first-order valence-corrected chi connectivity index (χ1v) is 24.8. The molecule has 0 bridgehead atoms. The molecule has 1 saturated carbocycles. The molecule has 8 N–H and O–H groups in total. The maximum absolute atomic E-state index is 13.2. The van der Waals surface area contributed by atoms with Gasteiger partial charge in [-0.1, -0.05) is 152 Å². The lowest BCUT2D eigenvalue weighted by atomic mass is 9.81. The summed E-state index contributed by atoms with van der Waals surface area (Å²) in [6.07, 6.45) is -4.21. The molecule has 12 atom stereocenters. The zero-order valence-corrected chi connectivity index (χ0v) is 40.2. The standard InChI is InChI=1S/C56H74N6O7/c1-56(65)39-66-55(50(64)53(56)61(2)37-43-24-14-6-15-25-43)68-51-47(60-35-42-22-12-5-13-23-42)32-48(62(31-30-57)38-44-26-16-7-17-27-44)52(49(51)63)69-54-46(59-34-41-20-10-4-11-21-41)29-28-45(67-54)36-58-33-40-18-8-3-9-19-40/h3-27,45-55,58-60,63-65H,28-39,57H2,1-2H3/t45-,46+,47+,48-,49+,50+,51?,52?,53+,54?,55?,56-/m0/s1. The summed E-state index contributed by atoms with van der Waals surface area (Å²) in [5, 5.41) is 48.3. The van der Waals surface area contributed by atoms with E-state index < -0.39 is 54.7 Å². The molecule has 2 aliphatic heterocycles. The zero-order chi connectivity index (χ0) is 48.0. The van der Waals surface area contributed by atoms with Crippen molar-refractivity contribution < 1.29 is 34.3 Å². The van der Waals surface area contributed by atoms with E-state index in [4.69, 9.17) is 24.7 Å². The van der Waals surface area contributed by atoms with Crippen LogP contribution < -0.4 is 21.7 Å². The second-order valence-corrected chi connectivity index (χ2v) is 19.4. The molecule has 3 fully saturated rings. The highest BCUT2D eigenvalue weighted by Gasteiger charge is 2.54. The van der Waals surface area contributed by atoms with Crippen molar-refractivity contribution >= 4 is 0 Å². The number of likely N-dealkylation sites (N-methyl/N-ethyl adjacent to an activating group) is 1. The summed E-state index contributed by atoms with van der Waals surface area (Å²) in [7, 11) is 1.89. The normalized spacial score (nSPS) is 29.6. The lowest BCUT2D eigenvalue weighted by Crippen LogP contribution is -2.70. The molecule has 0 spiro atoms. The Morgan fingerprint density at radius 2 is 1.14 bits per heavy atom. The largest absolute Gasteiger partial charge is 0.388 e. The first-order chi connectivity index (χ1) is 33.6. The third-order valence-electron chi connectivity index (χ3n) is 14.0. The SMILES string of the molecule is CN(Cc1ccccc1)[C@@H]1[C@@H](O)C(OC2[C@@H](O)C(OC3O[C@H](CNCc4ccccc4)CC[C@H]3NCc3ccccc3)[C@@H](N(CCN)Cc3ccccc3)C[C@H]2NCc2ccccc2)OC[C@]1(C)O. The van der Waals surface area contributed by atoms with Crippen LogP contribution in [0.1, 0.15) is 54.0 Å². The second kappa shape index (κ2) is 25.1. The molecule has 13 nitrogen and oxygen atoms in total. The van der Waals surface area contributed by atoms with Crippen LogP contribution in [0, 0.1) is 0 Å². The highest BCUT2D eigenvalue weighted by Crippen LogP contribution is 2.37. The fourth-order valence-electron chi connectivity index (χ4n) is 10.5. The van der Waals surface area contributed by atoms with E-state index in [1.807, 2.05) is 115 Å². The molecule has 2 saturated heterocycles. The van der Waals surface area contributed by atoms with Gasteiger partial charge in [0.25, 0.3) is 0 Å². The first kappa shape index (κ1) is 51.0. The van der Waals surface area contributed by atoms with Crippen LogP contribution in [0.2, 0.25) is 0 Å². The van der Waals surface area contributed by atoms with Crippen molar-refractivity contribution in [2.24, 2.45) is 5.73 Å². The van der Waals surface area contributed by atoms with Crippen LogP contribution in [0.15, 0.2) is 152 Å². The molecule has 0 radical (unpaired) electrons. The van der Waals surface area contributed by atoms with E-state index in [1.165, 1.54) is 5.56 Å². The Morgan fingerprint density at radius 3 is 1.71 bits per heavy atom. The number of nitrogens with two attached hydrogens (primary N) is 1. The Morgan fingerprint density at radius 1 is 0.638 bits per heavy atom. The lowest BCUT2D eigenvalue weighted by Gasteiger charge is -2.52. The Kier molecular flexibility index (Phi) is 18.5. The van der Waals surface area contributed by atoms with Gasteiger partial charge in [-0.05, 0) is 61.1 Å². The van der Waals surface area contributed by atoms with Crippen molar-refractivity contribution in [2.75, 3.05) is 33.3 Å². The number of ether oxygens (including phenoxy) is 4. The molecular weight excluding hydrogens is 869 g/mol. The van der Waals surface area contributed by atoms with Crippen molar-refractivity contribution in [3.05, 3.63) is 179 Å². The number of nitrogens with zero attached hydrogens (tertiary/aromatic N) is 2. The molecule has 0 amide bonds. The number of nitrogens with one attached hydrogen (secondary N) is 3. The molecule has 1 aliphatic carbocycles. The predicted molar refractivity (Wildman–Crippen MR) is 268 cm³/mol. The number of hydrogen-bond donors (Lipinski definition) is 7. The quantitative estimate of drug-likeness (QED) is 0.0500. The molecule has 4 unspecified atom stereocenters. The van der Waals surface area contributed by atoms with E-state index in [9.17, 15) is 15.3 Å². The molecule has 5 aromatic carbocycles. The monoisotopic (exact) mass is 943 g/mol. The summed E-state index contributed by atoms with van der Waals surface area (Å²) in [5.74, 6) is 0. The number of benzene rings is 5. The van der Waals surface area contributed by atoms with Gasteiger partial charge in [0.15, 0.2) is 12.6 Å². The maximum Gasteiger partial charge on any atom is 0.185 e.